The lowest BCUT2D eigenvalue weighted by molar-refractivity contribution is -0.377. The summed E-state index contributed by atoms with van der Waals surface area (Å²) in [4.78, 5) is 3.53. The van der Waals surface area contributed by atoms with Gasteiger partial charge in [0.05, 0.1) is 6.10 Å². The minimum atomic E-state index is 0.276. The maximum Gasteiger partial charge on any atom is 0.290 e. The third kappa shape index (κ3) is 2.96. The molecule has 2 N–H and O–H groups in total. The number of nitriles is 1. The Morgan fingerprint density at radius 3 is 2.68 bits per heavy atom. The van der Waals surface area contributed by atoms with E-state index in [-0.39, 0.29) is 6.10 Å². The SMILES string of the molecule is CC(C)c1[nH+]c(NC[C@H]2CCCO2)c(C#N)c2c1CCCC2. The van der Waals surface area contributed by atoms with Crippen LogP contribution in [0.5, 0.6) is 0 Å². The maximum atomic E-state index is 9.65. The van der Waals surface area contributed by atoms with Gasteiger partial charge in [-0.3, -0.25) is 5.32 Å². The van der Waals surface area contributed by atoms with Crippen molar-refractivity contribution in [2.24, 2.45) is 0 Å². The molecule has 0 spiro atoms. The minimum Gasteiger partial charge on any atom is -0.374 e. The van der Waals surface area contributed by atoms with Crippen LogP contribution in [-0.4, -0.2) is 19.3 Å². The zero-order valence-electron chi connectivity index (χ0n) is 13.7. The molecule has 118 valence electrons. The molecular weight excluding hydrogens is 274 g/mol. The van der Waals surface area contributed by atoms with Crippen LogP contribution in [0.4, 0.5) is 5.82 Å². The van der Waals surface area contributed by atoms with Gasteiger partial charge in [-0.1, -0.05) is 13.8 Å². The number of H-pyrrole nitrogens is 1. The fourth-order valence-electron chi connectivity index (χ4n) is 3.67. The number of fused-ring (bicyclic) bond motifs is 1. The Bertz CT molecular complexity index is 583. The standard InChI is InChI=1S/C18H25N3O/c1-12(2)17-15-8-4-3-7-14(15)16(10-19)18(21-17)20-11-13-6-5-9-22-13/h12-13H,3-9,11H2,1-2H3,(H,20,21)/p+1/t13-/m1/s1. The molecule has 1 aliphatic heterocycles. The normalized spacial score (nSPS) is 20.7. The zero-order chi connectivity index (χ0) is 15.5. The summed E-state index contributed by atoms with van der Waals surface area (Å²) in [5.41, 5.74) is 4.77. The van der Waals surface area contributed by atoms with Crippen molar-refractivity contribution >= 4 is 5.82 Å². The number of nitrogens with one attached hydrogen (secondary N) is 2. The number of aromatic nitrogens is 1. The van der Waals surface area contributed by atoms with Gasteiger partial charge in [0.15, 0.2) is 0 Å². The number of nitrogens with zero attached hydrogens (tertiary/aromatic N) is 1. The van der Waals surface area contributed by atoms with Gasteiger partial charge in [-0.25, -0.2) is 4.98 Å². The first-order chi connectivity index (χ1) is 10.7. The van der Waals surface area contributed by atoms with Crippen LogP contribution < -0.4 is 10.3 Å². The molecule has 0 saturated carbocycles. The lowest BCUT2D eigenvalue weighted by Crippen LogP contribution is -2.29. The average molecular weight is 300 g/mol. The zero-order valence-corrected chi connectivity index (χ0v) is 13.7. The molecule has 3 rings (SSSR count). The van der Waals surface area contributed by atoms with Crippen molar-refractivity contribution in [1.29, 1.82) is 5.26 Å². The molecule has 22 heavy (non-hydrogen) atoms. The summed E-state index contributed by atoms with van der Waals surface area (Å²) in [5, 5.41) is 13.1. The smallest absolute Gasteiger partial charge is 0.290 e. The second kappa shape index (κ2) is 6.66. The number of rotatable bonds is 4. The molecular formula is C18H26N3O+. The first-order valence-electron chi connectivity index (χ1n) is 8.57. The maximum absolute atomic E-state index is 9.65. The van der Waals surface area contributed by atoms with Crippen molar-refractivity contribution in [2.75, 3.05) is 18.5 Å². The van der Waals surface area contributed by atoms with E-state index in [1.165, 1.54) is 29.7 Å². The van der Waals surface area contributed by atoms with Crippen molar-refractivity contribution in [3.8, 4) is 6.07 Å². The van der Waals surface area contributed by atoms with Gasteiger partial charge in [0.1, 0.15) is 23.9 Å². The molecule has 0 unspecified atom stereocenters. The van der Waals surface area contributed by atoms with E-state index in [1.807, 2.05) is 0 Å². The van der Waals surface area contributed by atoms with Gasteiger partial charge in [0.25, 0.3) is 5.82 Å². The number of anilines is 1. The monoisotopic (exact) mass is 300 g/mol. The average Bonchev–Trinajstić information content (AvgIpc) is 3.04. The van der Waals surface area contributed by atoms with E-state index in [4.69, 9.17) is 4.74 Å². The van der Waals surface area contributed by atoms with Gasteiger partial charge in [0, 0.05) is 12.5 Å². The summed E-state index contributed by atoms with van der Waals surface area (Å²) >= 11 is 0. The highest BCUT2D eigenvalue weighted by atomic mass is 16.5. The number of hydrogen-bond acceptors (Lipinski definition) is 3. The lowest BCUT2D eigenvalue weighted by Gasteiger charge is -2.21. The van der Waals surface area contributed by atoms with Gasteiger partial charge in [-0.2, -0.15) is 5.26 Å². The molecule has 4 heteroatoms. The molecule has 1 aliphatic carbocycles. The van der Waals surface area contributed by atoms with Crippen LogP contribution in [0.25, 0.3) is 0 Å². The van der Waals surface area contributed by atoms with Crippen LogP contribution in [0.3, 0.4) is 0 Å². The fraction of sp³-hybridized carbons (Fsp3) is 0.667. The second-order valence-corrected chi connectivity index (χ2v) is 6.74. The van der Waals surface area contributed by atoms with E-state index in [9.17, 15) is 5.26 Å². The van der Waals surface area contributed by atoms with Crippen molar-refractivity contribution in [1.82, 2.24) is 0 Å². The number of pyridine rings is 1. The number of aromatic amines is 1. The predicted molar refractivity (Wildman–Crippen MR) is 85.9 cm³/mol. The van der Waals surface area contributed by atoms with Gasteiger partial charge < -0.3 is 4.74 Å². The summed E-state index contributed by atoms with van der Waals surface area (Å²) in [6.07, 6.45) is 7.07. The van der Waals surface area contributed by atoms with Crippen molar-refractivity contribution in [2.45, 2.75) is 64.4 Å². The quantitative estimate of drug-likeness (QED) is 0.930. The van der Waals surface area contributed by atoms with Crippen LogP contribution in [0.15, 0.2) is 0 Å². The molecule has 1 aromatic heterocycles. The number of hydrogen-bond donors (Lipinski definition) is 1. The Labute approximate surface area is 132 Å². The van der Waals surface area contributed by atoms with E-state index < -0.39 is 0 Å². The molecule has 0 bridgehead atoms. The molecule has 1 atom stereocenters. The lowest BCUT2D eigenvalue weighted by atomic mass is 9.85. The first-order valence-corrected chi connectivity index (χ1v) is 8.57. The van der Waals surface area contributed by atoms with Gasteiger partial charge in [-0.15, -0.1) is 0 Å². The minimum absolute atomic E-state index is 0.276. The van der Waals surface area contributed by atoms with E-state index in [1.54, 1.807) is 0 Å². The Balaban J connectivity index is 1.93. The van der Waals surface area contributed by atoms with Crippen LogP contribution in [0.1, 0.15) is 67.8 Å². The summed E-state index contributed by atoms with van der Waals surface area (Å²) in [6.45, 7) is 6.08. The first kappa shape index (κ1) is 15.3. The van der Waals surface area contributed by atoms with Crippen LogP contribution in [0.2, 0.25) is 0 Å². The summed E-state index contributed by atoms with van der Waals surface area (Å²) in [7, 11) is 0. The van der Waals surface area contributed by atoms with Crippen molar-refractivity contribution in [3.63, 3.8) is 0 Å². The van der Waals surface area contributed by atoms with E-state index in [0.717, 1.165) is 50.2 Å². The van der Waals surface area contributed by atoms with Gasteiger partial charge >= 0.3 is 0 Å². The molecule has 0 radical (unpaired) electrons. The van der Waals surface area contributed by atoms with Crippen molar-refractivity contribution < 1.29 is 9.72 Å². The summed E-state index contributed by atoms with van der Waals surface area (Å²) < 4.78 is 5.68. The van der Waals surface area contributed by atoms with E-state index in [2.05, 4.69) is 30.2 Å². The van der Waals surface area contributed by atoms with Crippen LogP contribution in [-0.2, 0) is 17.6 Å². The van der Waals surface area contributed by atoms with Crippen LogP contribution >= 0.6 is 0 Å². The molecule has 1 aromatic rings. The highest BCUT2D eigenvalue weighted by Crippen LogP contribution is 2.31. The Morgan fingerprint density at radius 1 is 1.27 bits per heavy atom. The number of ether oxygens (including phenoxy) is 1. The molecule has 0 amide bonds. The second-order valence-electron chi connectivity index (χ2n) is 6.74. The van der Waals surface area contributed by atoms with E-state index >= 15 is 0 Å². The molecule has 1 saturated heterocycles. The fourth-order valence-corrected chi connectivity index (χ4v) is 3.67. The highest BCUT2D eigenvalue weighted by molar-refractivity contribution is 5.56. The topological polar surface area (TPSA) is 59.2 Å². The van der Waals surface area contributed by atoms with Crippen LogP contribution in [0, 0.1) is 11.3 Å². The molecule has 2 heterocycles. The summed E-state index contributed by atoms with van der Waals surface area (Å²) in [5.74, 6) is 1.34. The third-order valence-electron chi connectivity index (χ3n) is 4.82. The highest BCUT2D eigenvalue weighted by Gasteiger charge is 2.27. The largest absolute Gasteiger partial charge is 0.374 e. The van der Waals surface area contributed by atoms with Gasteiger partial charge in [-0.05, 0) is 49.7 Å². The molecule has 4 nitrogen and oxygen atoms in total. The van der Waals surface area contributed by atoms with Crippen molar-refractivity contribution in [3.05, 3.63) is 22.4 Å². The van der Waals surface area contributed by atoms with Gasteiger partial charge in [0.2, 0.25) is 0 Å². The molecule has 1 fully saturated rings. The van der Waals surface area contributed by atoms with E-state index in [0.29, 0.717) is 5.92 Å². The predicted octanol–water partition coefficient (Wildman–Crippen LogP) is 2.97. The Hall–Kier alpha value is -1.60. The summed E-state index contributed by atoms with van der Waals surface area (Å²) in [6, 6.07) is 2.43. The molecule has 2 aliphatic rings. The Morgan fingerprint density at radius 2 is 2.05 bits per heavy atom. The third-order valence-corrected chi connectivity index (χ3v) is 4.82. The Kier molecular flexibility index (Phi) is 4.63. The molecule has 0 aromatic carbocycles.